The maximum Gasteiger partial charge on any atom is 0.115 e. The Balaban J connectivity index is 1.75. The van der Waals surface area contributed by atoms with E-state index >= 15 is 0 Å². The summed E-state index contributed by atoms with van der Waals surface area (Å²) in [7, 11) is 0. The molecule has 0 aromatic heterocycles. The first kappa shape index (κ1) is 17.4. The van der Waals surface area contributed by atoms with Crippen molar-refractivity contribution in [2.45, 2.75) is 82.3 Å². The lowest BCUT2D eigenvalue weighted by Gasteiger charge is -2.59. The summed E-state index contributed by atoms with van der Waals surface area (Å²) in [5.74, 6) is 1.15. The van der Waals surface area contributed by atoms with Gasteiger partial charge in [-0.15, -0.1) is 0 Å². The molecule has 0 saturated heterocycles. The topological polar surface area (TPSA) is 43.7 Å². The molecule has 2 fully saturated rings. The highest BCUT2D eigenvalue weighted by molar-refractivity contribution is 5.46. The van der Waals surface area contributed by atoms with Gasteiger partial charge >= 0.3 is 0 Å². The van der Waals surface area contributed by atoms with Crippen molar-refractivity contribution in [1.29, 1.82) is 0 Å². The standard InChI is InChI=1S/C22H33NO2/c1-3-23(15-16-7-6-8-16)20-13-17-9-10-18(24)14-19(17)21(2)11-4-5-12-22(20,21)25/h9-10,14,16,20,24-25H,3-8,11-13,15H2,1-2H3/t20-,21-,22-/m1/s1. The molecule has 0 aliphatic heterocycles. The number of aromatic hydroxyl groups is 1. The lowest BCUT2D eigenvalue weighted by Crippen LogP contribution is -2.67. The number of aliphatic hydroxyl groups is 1. The summed E-state index contributed by atoms with van der Waals surface area (Å²) in [6.07, 6.45) is 9.14. The minimum Gasteiger partial charge on any atom is -0.508 e. The van der Waals surface area contributed by atoms with E-state index < -0.39 is 5.60 Å². The van der Waals surface area contributed by atoms with Crippen LogP contribution in [-0.4, -0.2) is 39.8 Å². The van der Waals surface area contributed by atoms with Crippen molar-refractivity contribution in [3.63, 3.8) is 0 Å². The van der Waals surface area contributed by atoms with Crippen LogP contribution in [0.15, 0.2) is 18.2 Å². The molecule has 0 heterocycles. The zero-order valence-corrected chi connectivity index (χ0v) is 15.8. The van der Waals surface area contributed by atoms with Gasteiger partial charge in [0.15, 0.2) is 0 Å². The number of phenolic OH excluding ortho intramolecular Hbond substituents is 1. The van der Waals surface area contributed by atoms with Gasteiger partial charge in [0.1, 0.15) is 5.75 Å². The highest BCUT2D eigenvalue weighted by Crippen LogP contribution is 2.54. The van der Waals surface area contributed by atoms with Crippen molar-refractivity contribution in [2.24, 2.45) is 5.92 Å². The fraction of sp³-hybridized carbons (Fsp3) is 0.727. The fourth-order valence-electron chi connectivity index (χ4n) is 5.82. The zero-order chi connectivity index (χ0) is 17.7. The Labute approximate surface area is 152 Å². The van der Waals surface area contributed by atoms with E-state index in [1.165, 1.54) is 30.4 Å². The molecular formula is C22H33NO2. The normalized spacial score (nSPS) is 35.1. The molecule has 0 bridgehead atoms. The molecule has 1 aromatic carbocycles. The second-order valence-electron chi connectivity index (χ2n) is 8.91. The number of rotatable bonds is 4. The van der Waals surface area contributed by atoms with Gasteiger partial charge in [0.2, 0.25) is 0 Å². The van der Waals surface area contributed by atoms with Crippen molar-refractivity contribution >= 4 is 0 Å². The van der Waals surface area contributed by atoms with Crippen LogP contribution < -0.4 is 0 Å². The van der Waals surface area contributed by atoms with Crippen molar-refractivity contribution in [2.75, 3.05) is 13.1 Å². The molecule has 3 aliphatic rings. The van der Waals surface area contributed by atoms with Crippen LogP contribution >= 0.6 is 0 Å². The Kier molecular flexibility index (Phi) is 4.36. The van der Waals surface area contributed by atoms with Crippen LogP contribution in [0, 0.1) is 5.92 Å². The van der Waals surface area contributed by atoms with E-state index in [0.29, 0.717) is 5.75 Å². The monoisotopic (exact) mass is 343 g/mol. The number of nitrogens with zero attached hydrogens (tertiary/aromatic N) is 1. The van der Waals surface area contributed by atoms with E-state index in [9.17, 15) is 10.2 Å². The van der Waals surface area contributed by atoms with E-state index in [0.717, 1.165) is 51.1 Å². The minimum absolute atomic E-state index is 0.195. The molecule has 138 valence electrons. The molecule has 0 unspecified atom stereocenters. The molecule has 0 radical (unpaired) electrons. The summed E-state index contributed by atoms with van der Waals surface area (Å²) in [5.41, 5.74) is 1.57. The molecule has 0 amide bonds. The Bertz CT molecular complexity index is 641. The number of fused-ring (bicyclic) bond motifs is 3. The molecule has 3 nitrogen and oxygen atoms in total. The highest BCUT2D eigenvalue weighted by atomic mass is 16.3. The molecule has 2 saturated carbocycles. The smallest absolute Gasteiger partial charge is 0.115 e. The summed E-state index contributed by atoms with van der Waals surface area (Å²) in [5, 5.41) is 22.1. The number of benzene rings is 1. The summed E-state index contributed by atoms with van der Waals surface area (Å²) in [6, 6.07) is 6.02. The van der Waals surface area contributed by atoms with Gasteiger partial charge in [-0.1, -0.05) is 39.2 Å². The van der Waals surface area contributed by atoms with Crippen LogP contribution in [0.1, 0.15) is 69.9 Å². The van der Waals surface area contributed by atoms with E-state index in [2.05, 4.69) is 24.8 Å². The molecule has 3 heteroatoms. The van der Waals surface area contributed by atoms with Crippen LogP contribution in [0.5, 0.6) is 5.75 Å². The van der Waals surface area contributed by atoms with Crippen molar-refractivity contribution in [3.05, 3.63) is 29.3 Å². The number of hydrogen-bond acceptors (Lipinski definition) is 3. The average molecular weight is 344 g/mol. The minimum atomic E-state index is -0.689. The maximum absolute atomic E-state index is 12.0. The first-order valence-corrected chi connectivity index (χ1v) is 10.3. The lowest BCUT2D eigenvalue weighted by atomic mass is 9.53. The summed E-state index contributed by atoms with van der Waals surface area (Å²) in [6.45, 7) is 6.63. The number of likely N-dealkylation sites (N-methyl/N-ethyl adjacent to an activating group) is 1. The largest absolute Gasteiger partial charge is 0.508 e. The van der Waals surface area contributed by atoms with Gasteiger partial charge in [0.25, 0.3) is 0 Å². The van der Waals surface area contributed by atoms with Crippen LogP contribution in [0.3, 0.4) is 0 Å². The van der Waals surface area contributed by atoms with E-state index in [1.54, 1.807) is 0 Å². The van der Waals surface area contributed by atoms with E-state index in [1.807, 2.05) is 12.1 Å². The van der Waals surface area contributed by atoms with Gasteiger partial charge in [-0.05, 0) is 67.8 Å². The van der Waals surface area contributed by atoms with Gasteiger partial charge in [-0.25, -0.2) is 0 Å². The van der Waals surface area contributed by atoms with Gasteiger partial charge in [0, 0.05) is 18.0 Å². The van der Waals surface area contributed by atoms with Crippen LogP contribution in [0.2, 0.25) is 0 Å². The SMILES string of the molecule is CCN(CC1CCC1)[C@@H]1Cc2ccc(O)cc2[C@@]2(C)CCCC[C@@]12O. The first-order valence-electron chi connectivity index (χ1n) is 10.3. The van der Waals surface area contributed by atoms with Gasteiger partial charge in [0.05, 0.1) is 5.60 Å². The molecule has 1 aromatic rings. The third-order valence-corrected chi connectivity index (χ3v) is 7.66. The number of phenols is 1. The Morgan fingerprint density at radius 3 is 2.60 bits per heavy atom. The fourth-order valence-corrected chi connectivity index (χ4v) is 5.82. The highest BCUT2D eigenvalue weighted by Gasteiger charge is 2.58. The summed E-state index contributed by atoms with van der Waals surface area (Å²) in [4.78, 5) is 2.57. The Morgan fingerprint density at radius 2 is 1.92 bits per heavy atom. The van der Waals surface area contributed by atoms with E-state index in [-0.39, 0.29) is 11.5 Å². The second-order valence-corrected chi connectivity index (χ2v) is 8.91. The predicted molar refractivity (Wildman–Crippen MR) is 101 cm³/mol. The molecule has 4 rings (SSSR count). The van der Waals surface area contributed by atoms with Crippen LogP contribution in [-0.2, 0) is 11.8 Å². The van der Waals surface area contributed by atoms with Gasteiger partial charge in [-0.3, -0.25) is 4.90 Å². The Morgan fingerprint density at radius 1 is 1.16 bits per heavy atom. The quantitative estimate of drug-likeness (QED) is 0.868. The first-order chi connectivity index (χ1) is 12.0. The summed E-state index contributed by atoms with van der Waals surface area (Å²) >= 11 is 0. The summed E-state index contributed by atoms with van der Waals surface area (Å²) < 4.78 is 0. The molecule has 2 N–H and O–H groups in total. The number of hydrogen-bond donors (Lipinski definition) is 2. The lowest BCUT2D eigenvalue weighted by molar-refractivity contribution is -0.133. The molecule has 25 heavy (non-hydrogen) atoms. The molecule has 0 spiro atoms. The van der Waals surface area contributed by atoms with Crippen LogP contribution in [0.25, 0.3) is 0 Å². The van der Waals surface area contributed by atoms with E-state index in [4.69, 9.17) is 0 Å². The second kappa shape index (κ2) is 6.28. The zero-order valence-electron chi connectivity index (χ0n) is 15.8. The molecule has 3 aliphatic carbocycles. The van der Waals surface area contributed by atoms with Gasteiger partial charge < -0.3 is 10.2 Å². The third-order valence-electron chi connectivity index (χ3n) is 7.66. The molecule has 3 atom stereocenters. The Hall–Kier alpha value is -1.06. The van der Waals surface area contributed by atoms with Crippen molar-refractivity contribution in [1.82, 2.24) is 4.90 Å². The average Bonchev–Trinajstić information content (AvgIpc) is 2.56. The van der Waals surface area contributed by atoms with Crippen LogP contribution in [0.4, 0.5) is 0 Å². The molecular weight excluding hydrogens is 310 g/mol. The maximum atomic E-state index is 12.0. The van der Waals surface area contributed by atoms with Crippen molar-refractivity contribution < 1.29 is 10.2 Å². The van der Waals surface area contributed by atoms with Crippen molar-refractivity contribution in [3.8, 4) is 5.75 Å². The van der Waals surface area contributed by atoms with Gasteiger partial charge in [-0.2, -0.15) is 0 Å². The third kappa shape index (κ3) is 2.62. The predicted octanol–water partition coefficient (Wildman–Crippen LogP) is 4.00.